The van der Waals surface area contributed by atoms with E-state index in [1.54, 1.807) is 0 Å². The van der Waals surface area contributed by atoms with Crippen molar-refractivity contribution < 1.29 is 9.47 Å². The molecule has 1 fully saturated rings. The van der Waals surface area contributed by atoms with E-state index in [9.17, 15) is 0 Å². The zero-order valence-electron chi connectivity index (χ0n) is 18.6. The van der Waals surface area contributed by atoms with Crippen molar-refractivity contribution in [1.29, 1.82) is 0 Å². The first-order chi connectivity index (χ1) is 14.7. The van der Waals surface area contributed by atoms with Crippen LogP contribution in [0.3, 0.4) is 0 Å². The summed E-state index contributed by atoms with van der Waals surface area (Å²) in [5.41, 5.74) is 2.30. The van der Waals surface area contributed by atoms with Crippen LogP contribution in [0.15, 0.2) is 47.6 Å². The first kappa shape index (κ1) is 25.2. The Bertz CT molecular complexity index is 827. The second-order valence-electron chi connectivity index (χ2n) is 7.41. The molecule has 2 aromatic rings. The van der Waals surface area contributed by atoms with Gasteiger partial charge < -0.3 is 25.0 Å². The van der Waals surface area contributed by atoms with Gasteiger partial charge in [-0.15, -0.1) is 24.0 Å². The number of anilines is 1. The average Bonchev–Trinajstić information content (AvgIpc) is 2.76. The van der Waals surface area contributed by atoms with Crippen LogP contribution in [-0.4, -0.2) is 56.4 Å². The van der Waals surface area contributed by atoms with Crippen molar-refractivity contribution in [2.45, 2.75) is 33.4 Å². The molecule has 1 aromatic carbocycles. The minimum absolute atomic E-state index is 0. The molecule has 8 heteroatoms. The highest BCUT2D eigenvalue weighted by Crippen LogP contribution is 2.19. The van der Waals surface area contributed by atoms with Gasteiger partial charge in [-0.3, -0.25) is 0 Å². The topological polar surface area (TPSA) is 71.0 Å². The zero-order valence-corrected chi connectivity index (χ0v) is 21.0. The highest BCUT2D eigenvalue weighted by Gasteiger charge is 2.15. The second kappa shape index (κ2) is 13.4. The Morgan fingerprint density at radius 2 is 2.03 bits per heavy atom. The van der Waals surface area contributed by atoms with Gasteiger partial charge in [0.05, 0.1) is 26.3 Å². The number of nitrogens with one attached hydrogen (secondary N) is 2. The number of pyridine rings is 1. The summed E-state index contributed by atoms with van der Waals surface area (Å²) in [4.78, 5) is 11.6. The highest BCUT2D eigenvalue weighted by atomic mass is 127. The normalized spacial score (nSPS) is 15.1. The molecule has 2 heterocycles. The fourth-order valence-electron chi connectivity index (χ4n) is 3.32. The molecule has 0 spiro atoms. The SMILES string of the molecule is CCNC(=NCc1cccnc1N1CCOCC1)NCC(C)Oc1cccc(C)c1.I. The Hall–Kier alpha value is -2.07. The molecule has 0 saturated carbocycles. The fourth-order valence-corrected chi connectivity index (χ4v) is 3.32. The van der Waals surface area contributed by atoms with Crippen molar-refractivity contribution in [3.05, 3.63) is 53.7 Å². The van der Waals surface area contributed by atoms with E-state index in [0.29, 0.717) is 13.1 Å². The maximum absolute atomic E-state index is 6.01. The minimum atomic E-state index is 0. The quantitative estimate of drug-likeness (QED) is 0.305. The van der Waals surface area contributed by atoms with Gasteiger partial charge in [0, 0.05) is 31.4 Å². The fraction of sp³-hybridized carbons (Fsp3) is 0.478. The standard InChI is InChI=1S/C23H33N5O2.HI/c1-4-24-23(26-16-19(3)30-21-9-5-7-18(2)15-21)27-17-20-8-6-10-25-22(20)28-11-13-29-14-12-28;/h5-10,15,19H,4,11-14,16-17H2,1-3H3,(H2,24,26,27);1H. The van der Waals surface area contributed by atoms with E-state index in [-0.39, 0.29) is 30.1 Å². The van der Waals surface area contributed by atoms with Crippen LogP contribution in [0.5, 0.6) is 5.75 Å². The molecule has 0 bridgehead atoms. The molecule has 170 valence electrons. The van der Waals surface area contributed by atoms with Gasteiger partial charge in [-0.2, -0.15) is 0 Å². The smallest absolute Gasteiger partial charge is 0.191 e. The van der Waals surface area contributed by atoms with Crippen molar-refractivity contribution in [2.75, 3.05) is 44.3 Å². The molecule has 0 aliphatic carbocycles. The predicted octanol–water partition coefficient (Wildman–Crippen LogP) is 3.37. The van der Waals surface area contributed by atoms with Crippen molar-refractivity contribution in [3.63, 3.8) is 0 Å². The number of guanidine groups is 1. The molecule has 31 heavy (non-hydrogen) atoms. The Balaban J connectivity index is 0.00000341. The van der Waals surface area contributed by atoms with Crippen LogP contribution >= 0.6 is 24.0 Å². The van der Waals surface area contributed by atoms with Crippen LogP contribution in [0, 0.1) is 6.92 Å². The number of aliphatic imine (C=N–C) groups is 1. The molecule has 3 rings (SSSR count). The Kier molecular flexibility index (Phi) is 10.9. The molecule has 0 amide bonds. The van der Waals surface area contributed by atoms with Gasteiger partial charge in [-0.1, -0.05) is 18.2 Å². The van der Waals surface area contributed by atoms with Crippen molar-refractivity contribution in [3.8, 4) is 5.75 Å². The van der Waals surface area contributed by atoms with Gasteiger partial charge in [-0.05, 0) is 44.5 Å². The lowest BCUT2D eigenvalue weighted by atomic mass is 10.2. The first-order valence-electron chi connectivity index (χ1n) is 10.7. The number of rotatable bonds is 8. The maximum atomic E-state index is 6.01. The number of nitrogens with zero attached hydrogens (tertiary/aromatic N) is 3. The predicted molar refractivity (Wildman–Crippen MR) is 137 cm³/mol. The molecule has 1 unspecified atom stereocenters. The molecule has 0 radical (unpaired) electrons. The van der Waals surface area contributed by atoms with Gasteiger partial charge in [0.1, 0.15) is 17.7 Å². The summed E-state index contributed by atoms with van der Waals surface area (Å²) in [5, 5.41) is 6.69. The minimum Gasteiger partial charge on any atom is -0.489 e. The van der Waals surface area contributed by atoms with Crippen LogP contribution in [-0.2, 0) is 11.3 Å². The van der Waals surface area contributed by atoms with Gasteiger partial charge >= 0.3 is 0 Å². The summed E-state index contributed by atoms with van der Waals surface area (Å²) >= 11 is 0. The number of aromatic nitrogens is 1. The molecule has 1 atom stereocenters. The lowest BCUT2D eigenvalue weighted by Crippen LogP contribution is -2.42. The summed E-state index contributed by atoms with van der Waals surface area (Å²) in [6, 6.07) is 12.2. The number of morpholine rings is 1. The van der Waals surface area contributed by atoms with Crippen molar-refractivity contribution in [2.24, 2.45) is 4.99 Å². The van der Waals surface area contributed by atoms with Crippen molar-refractivity contribution >= 4 is 35.8 Å². The number of hydrogen-bond acceptors (Lipinski definition) is 5. The monoisotopic (exact) mass is 539 g/mol. The number of ether oxygens (including phenoxy) is 2. The molecular weight excluding hydrogens is 505 g/mol. The third-order valence-electron chi connectivity index (χ3n) is 4.81. The Labute approximate surface area is 202 Å². The van der Waals surface area contributed by atoms with Crippen LogP contribution in [0.1, 0.15) is 25.0 Å². The number of aryl methyl sites for hydroxylation is 1. The molecule has 1 aliphatic heterocycles. The van der Waals surface area contributed by atoms with E-state index in [0.717, 1.165) is 55.9 Å². The number of halogens is 1. The zero-order chi connectivity index (χ0) is 21.2. The van der Waals surface area contributed by atoms with Crippen LogP contribution in [0.25, 0.3) is 0 Å². The van der Waals surface area contributed by atoms with E-state index in [1.165, 1.54) is 5.56 Å². The number of hydrogen-bond donors (Lipinski definition) is 2. The lowest BCUT2D eigenvalue weighted by molar-refractivity contribution is 0.122. The number of benzene rings is 1. The van der Waals surface area contributed by atoms with E-state index in [2.05, 4.69) is 53.4 Å². The van der Waals surface area contributed by atoms with Gasteiger partial charge in [-0.25, -0.2) is 9.98 Å². The summed E-state index contributed by atoms with van der Waals surface area (Å²) in [5.74, 6) is 2.65. The summed E-state index contributed by atoms with van der Waals surface area (Å²) in [6.45, 7) is 11.4. The molecule has 1 aromatic heterocycles. The molecule has 2 N–H and O–H groups in total. The Morgan fingerprint density at radius 3 is 2.77 bits per heavy atom. The lowest BCUT2D eigenvalue weighted by Gasteiger charge is -2.29. The summed E-state index contributed by atoms with van der Waals surface area (Å²) < 4.78 is 11.5. The summed E-state index contributed by atoms with van der Waals surface area (Å²) in [6.07, 6.45) is 1.85. The maximum Gasteiger partial charge on any atom is 0.191 e. The van der Waals surface area contributed by atoms with E-state index < -0.39 is 0 Å². The second-order valence-corrected chi connectivity index (χ2v) is 7.41. The largest absolute Gasteiger partial charge is 0.489 e. The van der Waals surface area contributed by atoms with Gasteiger partial charge in [0.2, 0.25) is 0 Å². The van der Waals surface area contributed by atoms with Crippen LogP contribution in [0.2, 0.25) is 0 Å². The van der Waals surface area contributed by atoms with Crippen molar-refractivity contribution in [1.82, 2.24) is 15.6 Å². The van der Waals surface area contributed by atoms with E-state index in [4.69, 9.17) is 14.5 Å². The highest BCUT2D eigenvalue weighted by molar-refractivity contribution is 14.0. The third kappa shape index (κ3) is 8.17. The van der Waals surface area contributed by atoms with Crippen LogP contribution in [0.4, 0.5) is 5.82 Å². The van der Waals surface area contributed by atoms with E-state index in [1.807, 2.05) is 30.5 Å². The van der Waals surface area contributed by atoms with E-state index >= 15 is 0 Å². The molecule has 7 nitrogen and oxygen atoms in total. The average molecular weight is 539 g/mol. The molecular formula is C23H34IN5O2. The molecule has 1 saturated heterocycles. The molecule has 1 aliphatic rings. The first-order valence-corrected chi connectivity index (χ1v) is 10.7. The summed E-state index contributed by atoms with van der Waals surface area (Å²) in [7, 11) is 0. The third-order valence-corrected chi connectivity index (χ3v) is 4.81. The van der Waals surface area contributed by atoms with Gasteiger partial charge in [0.15, 0.2) is 5.96 Å². The van der Waals surface area contributed by atoms with Gasteiger partial charge in [0.25, 0.3) is 0 Å². The van der Waals surface area contributed by atoms with Crippen LogP contribution < -0.4 is 20.3 Å². The Morgan fingerprint density at radius 1 is 1.23 bits per heavy atom.